The number of halogens is 1. The van der Waals surface area contributed by atoms with Gasteiger partial charge < -0.3 is 4.74 Å². The molecule has 0 unspecified atom stereocenters. The maximum Gasteiger partial charge on any atom is 0.246 e. The average Bonchev–Trinajstić information content (AvgIpc) is 3.47. The van der Waals surface area contributed by atoms with Crippen molar-refractivity contribution in [1.29, 1.82) is 0 Å². The van der Waals surface area contributed by atoms with Gasteiger partial charge in [-0.2, -0.15) is 14.5 Å². The maximum atomic E-state index is 13.2. The van der Waals surface area contributed by atoms with Gasteiger partial charge in [-0.05, 0) is 38.5 Å². The van der Waals surface area contributed by atoms with Crippen LogP contribution < -0.4 is 4.74 Å². The smallest absolute Gasteiger partial charge is 0.246 e. The van der Waals surface area contributed by atoms with Crippen LogP contribution in [0.15, 0.2) is 41.4 Å². The van der Waals surface area contributed by atoms with E-state index in [2.05, 4.69) is 15.3 Å². The Hall–Kier alpha value is -2.72. The van der Waals surface area contributed by atoms with Crippen LogP contribution in [-0.4, -0.2) is 52.4 Å². The van der Waals surface area contributed by atoms with E-state index >= 15 is 0 Å². The number of hydrogen-bond donors (Lipinski definition) is 1. The Bertz CT molecular complexity index is 1160. The number of aromatic amines is 1. The van der Waals surface area contributed by atoms with Crippen molar-refractivity contribution in [2.24, 2.45) is 0 Å². The molecule has 8 nitrogen and oxygen atoms in total. The molecule has 10 heteroatoms. The first-order valence-electron chi connectivity index (χ1n) is 10.3. The Morgan fingerprint density at radius 3 is 2.90 bits per heavy atom. The predicted molar refractivity (Wildman–Crippen MR) is 113 cm³/mol. The molecule has 0 radical (unpaired) electrons. The Labute approximate surface area is 181 Å². The molecule has 3 aromatic rings. The highest BCUT2D eigenvalue weighted by Crippen LogP contribution is 2.31. The Kier molecular flexibility index (Phi) is 6.10. The molecule has 1 atom stereocenters. The van der Waals surface area contributed by atoms with Gasteiger partial charge in [0.1, 0.15) is 16.5 Å². The zero-order chi connectivity index (χ0) is 22.0. The maximum absolute atomic E-state index is 13.2. The second-order valence-electron chi connectivity index (χ2n) is 7.66. The van der Waals surface area contributed by atoms with Crippen LogP contribution in [0.25, 0.3) is 0 Å². The van der Waals surface area contributed by atoms with Crippen LogP contribution in [0.4, 0.5) is 4.39 Å². The summed E-state index contributed by atoms with van der Waals surface area (Å²) in [4.78, 5) is 0.271. The lowest BCUT2D eigenvalue weighted by Crippen LogP contribution is -2.29. The lowest BCUT2D eigenvalue weighted by Gasteiger charge is -2.15. The number of benzene rings is 1. The summed E-state index contributed by atoms with van der Waals surface area (Å²) in [5, 5.41) is 11.6. The Morgan fingerprint density at radius 1 is 1.32 bits per heavy atom. The van der Waals surface area contributed by atoms with E-state index in [9.17, 15) is 12.8 Å². The minimum atomic E-state index is -3.58. The summed E-state index contributed by atoms with van der Waals surface area (Å²) >= 11 is 0. The van der Waals surface area contributed by atoms with Crippen LogP contribution >= 0.6 is 0 Å². The van der Waals surface area contributed by atoms with E-state index in [4.69, 9.17) is 4.74 Å². The molecule has 0 spiro atoms. The molecule has 31 heavy (non-hydrogen) atoms. The van der Waals surface area contributed by atoms with Crippen molar-refractivity contribution < 1.29 is 17.5 Å². The van der Waals surface area contributed by atoms with E-state index in [1.807, 2.05) is 13.0 Å². The van der Waals surface area contributed by atoms with Gasteiger partial charge in [-0.15, -0.1) is 0 Å². The highest BCUT2D eigenvalue weighted by atomic mass is 32.2. The zero-order valence-corrected chi connectivity index (χ0v) is 18.4. The van der Waals surface area contributed by atoms with Crippen molar-refractivity contribution in [2.45, 2.75) is 44.0 Å². The number of ether oxygens (including phenoxy) is 1. The summed E-state index contributed by atoms with van der Waals surface area (Å²) in [6.45, 7) is 5.50. The van der Waals surface area contributed by atoms with E-state index in [0.717, 1.165) is 11.4 Å². The number of sulfonamides is 1. The summed E-state index contributed by atoms with van der Waals surface area (Å²) in [5.74, 6) is 0.183. The molecule has 166 valence electrons. The lowest BCUT2D eigenvalue weighted by atomic mass is 10.0. The van der Waals surface area contributed by atoms with Crippen LogP contribution in [0, 0.1) is 12.7 Å². The van der Waals surface area contributed by atoms with E-state index in [0.29, 0.717) is 50.5 Å². The van der Waals surface area contributed by atoms with Crippen LogP contribution in [-0.2, 0) is 23.0 Å². The molecule has 1 N–H and O–H groups in total. The molecule has 1 aliphatic rings. The molecule has 1 saturated heterocycles. The lowest BCUT2D eigenvalue weighted by molar-refractivity contribution is 0.319. The number of nitrogens with zero attached hydrogens (tertiary/aromatic N) is 4. The third-order valence-electron chi connectivity index (χ3n) is 5.50. The predicted octanol–water partition coefficient (Wildman–Crippen LogP) is 2.87. The number of H-pyrrole nitrogens is 1. The number of aromatic nitrogens is 4. The molecule has 4 rings (SSSR count). The monoisotopic (exact) mass is 447 g/mol. The standard InChI is InChI=1S/C21H26FN5O3S/c1-3-26-14-21(15(2)25-26)31(28,29)27-9-7-16(13-27)20-12-18(23-24-20)8-10-30-19-6-4-5-17(22)11-19/h4-6,11-12,14,16H,3,7-10,13H2,1-2H3,(H,23,24)/t16-/m1/s1. The van der Waals surface area contributed by atoms with Gasteiger partial charge in [0, 0.05) is 49.9 Å². The van der Waals surface area contributed by atoms with Crippen LogP contribution in [0.1, 0.15) is 36.3 Å². The number of rotatable bonds is 8. The first-order valence-corrected chi connectivity index (χ1v) is 11.8. The molecule has 1 aliphatic heterocycles. The highest BCUT2D eigenvalue weighted by molar-refractivity contribution is 7.89. The molecule has 0 amide bonds. The SMILES string of the molecule is CCn1cc(S(=O)(=O)N2CC[C@@H](c3cc(CCOc4cccc(F)c4)[nH]n3)C2)c(C)n1. The molecule has 2 aromatic heterocycles. The van der Waals surface area contributed by atoms with Gasteiger partial charge >= 0.3 is 0 Å². The summed E-state index contributed by atoms with van der Waals surface area (Å²) in [6.07, 6.45) is 2.90. The third kappa shape index (κ3) is 4.64. The third-order valence-corrected chi connectivity index (χ3v) is 7.47. The minimum absolute atomic E-state index is 0.0328. The largest absolute Gasteiger partial charge is 0.493 e. The van der Waals surface area contributed by atoms with Crippen LogP contribution in [0.3, 0.4) is 0 Å². The van der Waals surface area contributed by atoms with Crippen molar-refractivity contribution in [2.75, 3.05) is 19.7 Å². The van der Waals surface area contributed by atoms with Gasteiger partial charge in [0.15, 0.2) is 0 Å². The zero-order valence-electron chi connectivity index (χ0n) is 17.6. The molecule has 0 aliphatic carbocycles. The molecule has 3 heterocycles. The van der Waals surface area contributed by atoms with E-state index in [1.165, 1.54) is 16.4 Å². The van der Waals surface area contributed by atoms with Gasteiger partial charge in [-0.25, -0.2) is 12.8 Å². The average molecular weight is 448 g/mol. The number of hydrogen-bond acceptors (Lipinski definition) is 5. The van der Waals surface area contributed by atoms with Crippen molar-refractivity contribution in [1.82, 2.24) is 24.3 Å². The second kappa shape index (κ2) is 8.80. The Balaban J connectivity index is 1.36. The van der Waals surface area contributed by atoms with E-state index < -0.39 is 10.0 Å². The molecule has 1 aromatic carbocycles. The topological polar surface area (TPSA) is 93.1 Å². The fraction of sp³-hybridized carbons (Fsp3) is 0.429. The van der Waals surface area contributed by atoms with Gasteiger partial charge in [-0.1, -0.05) is 6.07 Å². The van der Waals surface area contributed by atoms with Crippen molar-refractivity contribution >= 4 is 10.0 Å². The van der Waals surface area contributed by atoms with E-state index in [1.54, 1.807) is 29.9 Å². The fourth-order valence-electron chi connectivity index (χ4n) is 3.79. The summed E-state index contributed by atoms with van der Waals surface area (Å²) < 4.78 is 48.1. The quantitative estimate of drug-likeness (QED) is 0.573. The molecular weight excluding hydrogens is 421 g/mol. The fourth-order valence-corrected chi connectivity index (χ4v) is 5.46. The normalized spacial score (nSPS) is 17.3. The second-order valence-corrected chi connectivity index (χ2v) is 9.56. The first-order chi connectivity index (χ1) is 14.9. The van der Waals surface area contributed by atoms with Crippen LogP contribution in [0.5, 0.6) is 5.75 Å². The van der Waals surface area contributed by atoms with Crippen LogP contribution in [0.2, 0.25) is 0 Å². The summed E-state index contributed by atoms with van der Waals surface area (Å²) in [6, 6.07) is 7.98. The van der Waals surface area contributed by atoms with E-state index in [-0.39, 0.29) is 16.6 Å². The van der Waals surface area contributed by atoms with Crippen molar-refractivity contribution in [3.8, 4) is 5.75 Å². The Morgan fingerprint density at radius 2 is 2.16 bits per heavy atom. The number of aryl methyl sites for hydroxylation is 2. The molecule has 0 saturated carbocycles. The molecule has 0 bridgehead atoms. The highest BCUT2D eigenvalue weighted by Gasteiger charge is 2.36. The van der Waals surface area contributed by atoms with Gasteiger partial charge in [0.25, 0.3) is 0 Å². The molecular formula is C21H26FN5O3S. The van der Waals surface area contributed by atoms with Gasteiger partial charge in [0.05, 0.1) is 18.0 Å². The summed E-state index contributed by atoms with van der Waals surface area (Å²) in [5.41, 5.74) is 2.26. The minimum Gasteiger partial charge on any atom is -0.493 e. The van der Waals surface area contributed by atoms with Crippen molar-refractivity contribution in [3.05, 3.63) is 59.4 Å². The van der Waals surface area contributed by atoms with Crippen molar-refractivity contribution in [3.63, 3.8) is 0 Å². The van der Waals surface area contributed by atoms with Gasteiger partial charge in [0.2, 0.25) is 10.0 Å². The summed E-state index contributed by atoms with van der Waals surface area (Å²) in [7, 11) is -3.58. The first kappa shape index (κ1) is 21.5. The van der Waals surface area contributed by atoms with Gasteiger partial charge in [-0.3, -0.25) is 9.78 Å². The number of nitrogens with one attached hydrogen (secondary N) is 1. The molecule has 1 fully saturated rings.